The second-order valence-electron chi connectivity index (χ2n) is 6.78. The van der Waals surface area contributed by atoms with Gasteiger partial charge in [-0.15, -0.1) is 0 Å². The number of benzene rings is 2. The third-order valence-corrected chi connectivity index (χ3v) is 4.72. The van der Waals surface area contributed by atoms with Crippen LogP contribution in [0.4, 0.5) is 5.69 Å². The maximum atomic E-state index is 12.8. The van der Waals surface area contributed by atoms with Crippen molar-refractivity contribution in [2.24, 2.45) is 11.7 Å². The Morgan fingerprint density at radius 1 is 1.00 bits per heavy atom. The third kappa shape index (κ3) is 5.42. The number of amides is 2. The van der Waals surface area contributed by atoms with E-state index in [1.807, 2.05) is 44.2 Å². The monoisotopic (exact) mass is 382 g/mol. The molecule has 0 heterocycles. The highest BCUT2D eigenvalue weighted by molar-refractivity contribution is 5.97. The molecule has 0 aliphatic carbocycles. The Bertz CT molecular complexity index is 818. The summed E-state index contributed by atoms with van der Waals surface area (Å²) < 4.78 is 5.46. The number of hydrogen-bond acceptors (Lipinski definition) is 4. The summed E-state index contributed by atoms with van der Waals surface area (Å²) in [6.07, 6.45) is -0.153. The molecular formula is C22H26N2O4. The third-order valence-electron chi connectivity index (χ3n) is 4.72. The van der Waals surface area contributed by atoms with Crippen LogP contribution in [0.25, 0.3) is 0 Å². The quantitative estimate of drug-likeness (QED) is 0.683. The Labute approximate surface area is 165 Å². The van der Waals surface area contributed by atoms with Crippen LogP contribution in [0.5, 0.6) is 0 Å². The fourth-order valence-corrected chi connectivity index (χ4v) is 2.86. The van der Waals surface area contributed by atoms with Crippen LogP contribution >= 0.6 is 0 Å². The molecule has 6 heteroatoms. The lowest BCUT2D eigenvalue weighted by atomic mass is 9.85. The molecule has 0 saturated heterocycles. The highest BCUT2D eigenvalue weighted by Crippen LogP contribution is 2.28. The molecule has 0 radical (unpaired) electrons. The minimum atomic E-state index is -0.960. The van der Waals surface area contributed by atoms with Gasteiger partial charge in [-0.3, -0.25) is 14.4 Å². The molecule has 0 aromatic heterocycles. The fraction of sp³-hybridized carbons (Fsp3) is 0.318. The first kappa shape index (κ1) is 21.2. The highest BCUT2D eigenvalue weighted by Gasteiger charge is 2.30. The normalized spacial score (nSPS) is 13.8. The number of hydrogen-bond donors (Lipinski definition) is 2. The van der Waals surface area contributed by atoms with Crippen LogP contribution in [0, 0.1) is 5.92 Å². The predicted octanol–water partition coefficient (Wildman–Crippen LogP) is 3.49. The Hall–Kier alpha value is -3.15. The first-order chi connectivity index (χ1) is 13.3. The topological polar surface area (TPSA) is 98.5 Å². The number of esters is 1. The maximum Gasteiger partial charge on any atom is 0.314 e. The summed E-state index contributed by atoms with van der Waals surface area (Å²) in [5, 5.41) is 2.67. The zero-order valence-electron chi connectivity index (χ0n) is 16.3. The van der Waals surface area contributed by atoms with Crippen molar-refractivity contribution in [3.05, 3.63) is 65.7 Å². The van der Waals surface area contributed by atoms with Crippen molar-refractivity contribution in [3.8, 4) is 0 Å². The molecule has 0 fully saturated rings. The van der Waals surface area contributed by atoms with Crippen LogP contribution < -0.4 is 11.1 Å². The van der Waals surface area contributed by atoms with Crippen LogP contribution in [0.1, 0.15) is 49.0 Å². The molecule has 2 rings (SSSR count). The number of rotatable bonds is 8. The SMILES string of the molecule is CC[C@H](C)[C@@H](C(=O)O[C@@H](C)C(=O)Nc1ccc(C(N)=O)cc1)c1ccccc1. The molecule has 6 nitrogen and oxygen atoms in total. The zero-order valence-corrected chi connectivity index (χ0v) is 16.3. The lowest BCUT2D eigenvalue weighted by Gasteiger charge is -2.23. The number of carbonyl (C=O) groups excluding carboxylic acids is 3. The molecule has 0 unspecified atom stereocenters. The van der Waals surface area contributed by atoms with Crippen LogP contribution in [-0.4, -0.2) is 23.9 Å². The Morgan fingerprint density at radius 3 is 2.14 bits per heavy atom. The van der Waals surface area contributed by atoms with Crippen LogP contribution in [0.3, 0.4) is 0 Å². The van der Waals surface area contributed by atoms with Crippen LogP contribution in [0.2, 0.25) is 0 Å². The van der Waals surface area contributed by atoms with Crippen molar-refractivity contribution in [2.45, 2.75) is 39.2 Å². The average molecular weight is 382 g/mol. The van der Waals surface area contributed by atoms with E-state index in [1.165, 1.54) is 19.1 Å². The van der Waals surface area contributed by atoms with E-state index in [0.717, 1.165) is 12.0 Å². The smallest absolute Gasteiger partial charge is 0.314 e. The average Bonchev–Trinajstić information content (AvgIpc) is 2.69. The van der Waals surface area contributed by atoms with Gasteiger partial charge >= 0.3 is 5.97 Å². The Balaban J connectivity index is 2.04. The molecule has 2 aromatic rings. The standard InChI is InChI=1S/C22H26N2O4/c1-4-14(2)19(16-8-6-5-7-9-16)22(27)28-15(3)21(26)24-18-12-10-17(11-13-18)20(23)25/h5-15,19H,4H2,1-3H3,(H2,23,25)(H,24,26)/t14-,15-,19+/m0/s1. The summed E-state index contributed by atoms with van der Waals surface area (Å²) in [4.78, 5) is 36.3. The fourth-order valence-electron chi connectivity index (χ4n) is 2.86. The van der Waals surface area contributed by atoms with E-state index in [9.17, 15) is 14.4 Å². The first-order valence-corrected chi connectivity index (χ1v) is 9.29. The Kier molecular flexibility index (Phi) is 7.32. The number of ether oxygens (including phenoxy) is 1. The molecule has 0 aliphatic rings. The van der Waals surface area contributed by atoms with E-state index in [2.05, 4.69) is 5.32 Å². The molecule has 0 bridgehead atoms. The molecule has 2 aromatic carbocycles. The van der Waals surface area contributed by atoms with Gasteiger partial charge < -0.3 is 15.8 Å². The number of nitrogens with one attached hydrogen (secondary N) is 1. The number of nitrogens with two attached hydrogens (primary N) is 1. The van der Waals surface area contributed by atoms with Gasteiger partial charge in [-0.1, -0.05) is 50.6 Å². The highest BCUT2D eigenvalue weighted by atomic mass is 16.5. The number of primary amides is 1. The molecule has 0 aliphatic heterocycles. The summed E-state index contributed by atoms with van der Waals surface area (Å²) in [5.41, 5.74) is 6.90. The summed E-state index contributed by atoms with van der Waals surface area (Å²) in [5.74, 6) is -1.77. The van der Waals surface area contributed by atoms with Gasteiger partial charge in [0.15, 0.2) is 6.10 Å². The minimum absolute atomic E-state index is 0.0755. The molecule has 3 N–H and O–H groups in total. The molecule has 2 amide bonds. The van der Waals surface area contributed by atoms with Gasteiger partial charge in [0.2, 0.25) is 5.91 Å². The Morgan fingerprint density at radius 2 is 1.61 bits per heavy atom. The first-order valence-electron chi connectivity index (χ1n) is 9.29. The zero-order chi connectivity index (χ0) is 20.7. The van der Waals surface area contributed by atoms with E-state index in [-0.39, 0.29) is 5.92 Å². The molecule has 28 heavy (non-hydrogen) atoms. The summed E-state index contributed by atoms with van der Waals surface area (Å²) in [6, 6.07) is 15.6. The number of anilines is 1. The second-order valence-corrected chi connectivity index (χ2v) is 6.78. The minimum Gasteiger partial charge on any atom is -0.452 e. The van der Waals surface area contributed by atoms with Crippen molar-refractivity contribution in [2.75, 3.05) is 5.32 Å². The summed E-state index contributed by atoms with van der Waals surface area (Å²) in [6.45, 7) is 5.54. The molecule has 0 saturated carbocycles. The molecular weight excluding hydrogens is 356 g/mol. The molecule has 3 atom stereocenters. The van der Waals surface area contributed by atoms with Gasteiger partial charge in [-0.25, -0.2) is 0 Å². The number of carbonyl (C=O) groups is 3. The van der Waals surface area contributed by atoms with Crippen molar-refractivity contribution < 1.29 is 19.1 Å². The van der Waals surface area contributed by atoms with Crippen molar-refractivity contribution >= 4 is 23.5 Å². The summed E-state index contributed by atoms with van der Waals surface area (Å²) in [7, 11) is 0. The largest absolute Gasteiger partial charge is 0.452 e. The van der Waals surface area contributed by atoms with Gasteiger partial charge in [0.25, 0.3) is 5.91 Å². The molecule has 0 spiro atoms. The van der Waals surface area contributed by atoms with Crippen LogP contribution in [-0.2, 0) is 14.3 Å². The van der Waals surface area contributed by atoms with E-state index < -0.39 is 29.8 Å². The van der Waals surface area contributed by atoms with Gasteiger partial charge in [-0.2, -0.15) is 0 Å². The van der Waals surface area contributed by atoms with Crippen molar-refractivity contribution in [3.63, 3.8) is 0 Å². The van der Waals surface area contributed by atoms with E-state index in [1.54, 1.807) is 12.1 Å². The van der Waals surface area contributed by atoms with E-state index in [0.29, 0.717) is 11.3 Å². The van der Waals surface area contributed by atoms with Gasteiger partial charge in [-0.05, 0) is 42.7 Å². The van der Waals surface area contributed by atoms with Gasteiger partial charge in [0.1, 0.15) is 0 Å². The maximum absolute atomic E-state index is 12.8. The van der Waals surface area contributed by atoms with Crippen molar-refractivity contribution in [1.82, 2.24) is 0 Å². The summed E-state index contributed by atoms with van der Waals surface area (Å²) >= 11 is 0. The molecule has 148 valence electrons. The van der Waals surface area contributed by atoms with Gasteiger partial charge in [0, 0.05) is 11.3 Å². The van der Waals surface area contributed by atoms with Crippen LogP contribution in [0.15, 0.2) is 54.6 Å². The lowest BCUT2D eigenvalue weighted by molar-refractivity contribution is -0.155. The van der Waals surface area contributed by atoms with Gasteiger partial charge in [0.05, 0.1) is 5.92 Å². The van der Waals surface area contributed by atoms with Crippen molar-refractivity contribution in [1.29, 1.82) is 0 Å². The predicted molar refractivity (Wildman–Crippen MR) is 108 cm³/mol. The van der Waals surface area contributed by atoms with E-state index >= 15 is 0 Å². The lowest BCUT2D eigenvalue weighted by Crippen LogP contribution is -2.33. The second kappa shape index (κ2) is 9.69. The van der Waals surface area contributed by atoms with E-state index in [4.69, 9.17) is 10.5 Å².